The molecule has 4 heteroatoms. The molecule has 0 atom stereocenters. The number of hydrogen-bond donors (Lipinski definition) is 0. The molecule has 0 aromatic carbocycles. The Balaban J connectivity index is 3.43. The molecule has 0 saturated heterocycles. The van der Waals surface area contributed by atoms with Crippen molar-refractivity contribution in [3.63, 3.8) is 0 Å². The van der Waals surface area contributed by atoms with Crippen LogP contribution >= 0.6 is 21.2 Å². The summed E-state index contributed by atoms with van der Waals surface area (Å²) >= 11 is 1.86. The van der Waals surface area contributed by atoms with Crippen molar-refractivity contribution in [2.45, 2.75) is 13.2 Å². The van der Waals surface area contributed by atoms with Crippen molar-refractivity contribution in [2.75, 3.05) is 0 Å². The van der Waals surface area contributed by atoms with Crippen LogP contribution in [-0.2, 0) is 11.6 Å². The number of halogens is 1. The van der Waals surface area contributed by atoms with Gasteiger partial charge in [-0.15, -0.1) is 0 Å². The van der Waals surface area contributed by atoms with Crippen LogP contribution in [-0.4, -0.2) is 6.15 Å². The summed E-state index contributed by atoms with van der Waals surface area (Å²) in [6.45, 7) is 1.97. The fraction of sp³-hybridized carbons (Fsp3) is 1.00. The van der Waals surface area contributed by atoms with E-state index in [-0.39, 0.29) is 0 Å². The van der Waals surface area contributed by atoms with Crippen molar-refractivity contribution in [2.24, 2.45) is 0 Å². The van der Waals surface area contributed by atoms with E-state index in [0.717, 1.165) is 6.32 Å². The Hall–Kier alpha value is 0.945. The molecule has 0 aromatic heterocycles. The SMILES string of the molecule is CCB=[S-](=O)I. The van der Waals surface area contributed by atoms with Gasteiger partial charge in [-0.3, -0.25) is 0 Å². The second kappa shape index (κ2) is 4.11. The summed E-state index contributed by atoms with van der Waals surface area (Å²) in [7, 11) is -0.721. The van der Waals surface area contributed by atoms with Gasteiger partial charge in [0.05, 0.1) is 0 Å². The van der Waals surface area contributed by atoms with Crippen molar-refractivity contribution in [3.8, 4) is 0 Å². The van der Waals surface area contributed by atoms with Crippen molar-refractivity contribution in [1.29, 1.82) is 0 Å². The molecule has 0 spiro atoms. The first-order valence-corrected chi connectivity index (χ1v) is 5.43. The summed E-state index contributed by atoms with van der Waals surface area (Å²) in [5.74, 6) is 0. The van der Waals surface area contributed by atoms with Crippen molar-refractivity contribution >= 4 is 34.8 Å². The van der Waals surface area contributed by atoms with Crippen molar-refractivity contribution in [3.05, 3.63) is 0 Å². The topological polar surface area (TPSA) is 17.1 Å². The molecule has 0 bridgehead atoms. The Labute approximate surface area is 52.2 Å². The Bertz CT molecular complexity index is 95.7. The van der Waals surface area contributed by atoms with Crippen LogP contribution in [0.25, 0.3) is 0 Å². The number of hydrogen-bond acceptors (Lipinski definition) is 2. The van der Waals surface area contributed by atoms with E-state index in [4.69, 9.17) is 0 Å². The summed E-state index contributed by atoms with van der Waals surface area (Å²) in [6.07, 6.45) is 2.65. The first-order chi connectivity index (χ1) is 2.77. The van der Waals surface area contributed by atoms with Gasteiger partial charge in [0.15, 0.2) is 0 Å². The van der Waals surface area contributed by atoms with E-state index in [1.54, 1.807) is 6.15 Å². The van der Waals surface area contributed by atoms with Crippen LogP contribution in [0.5, 0.6) is 0 Å². The molecular formula is C2H5BIOS-. The van der Waals surface area contributed by atoms with Gasteiger partial charge >= 0.3 is 52.2 Å². The first kappa shape index (κ1) is 6.94. The fourth-order valence-corrected chi connectivity index (χ4v) is 1.47. The van der Waals surface area contributed by atoms with Gasteiger partial charge in [0.25, 0.3) is 0 Å². The average Bonchev–Trinajstić information content (AvgIpc) is 1.35. The van der Waals surface area contributed by atoms with Crippen LogP contribution in [0.1, 0.15) is 6.92 Å². The molecule has 36 valence electrons. The van der Waals surface area contributed by atoms with Crippen LogP contribution in [0.15, 0.2) is 0 Å². The van der Waals surface area contributed by atoms with Gasteiger partial charge in [-0.2, -0.15) is 0 Å². The quantitative estimate of drug-likeness (QED) is 0.279. The van der Waals surface area contributed by atoms with E-state index in [1.165, 1.54) is 0 Å². The predicted molar refractivity (Wildman–Crippen MR) is 38.3 cm³/mol. The molecule has 0 N–H and O–H groups in total. The van der Waals surface area contributed by atoms with Crippen molar-refractivity contribution in [1.82, 2.24) is 0 Å². The Morgan fingerprint density at radius 3 is 2.50 bits per heavy atom. The van der Waals surface area contributed by atoms with Gasteiger partial charge < -0.3 is 0 Å². The third-order valence-corrected chi connectivity index (χ3v) is 1.97. The molecule has 0 aromatic rings. The second-order valence-electron chi connectivity index (χ2n) is 0.823. The normalized spacial score (nSPS) is 13.7. The molecule has 0 aliphatic carbocycles. The monoisotopic (exact) mass is 215 g/mol. The second-order valence-corrected chi connectivity index (χ2v) is 4.26. The van der Waals surface area contributed by atoms with Gasteiger partial charge in [0.1, 0.15) is 0 Å². The summed E-state index contributed by atoms with van der Waals surface area (Å²) in [6, 6.07) is 0. The molecule has 0 rings (SSSR count). The molecule has 0 amide bonds. The minimum absolute atomic E-state index is 0.721. The van der Waals surface area contributed by atoms with Gasteiger partial charge in [-0.1, -0.05) is 0 Å². The van der Waals surface area contributed by atoms with E-state index in [0.29, 0.717) is 0 Å². The minimum atomic E-state index is -0.721. The fourth-order valence-electron chi connectivity index (χ4n) is 0.131. The van der Waals surface area contributed by atoms with E-state index >= 15 is 0 Å². The van der Waals surface area contributed by atoms with Gasteiger partial charge in [-0.05, 0) is 0 Å². The van der Waals surface area contributed by atoms with Gasteiger partial charge in [0.2, 0.25) is 0 Å². The van der Waals surface area contributed by atoms with Crippen LogP contribution < -0.4 is 0 Å². The zero-order valence-corrected chi connectivity index (χ0v) is 6.45. The molecule has 0 saturated carbocycles. The predicted octanol–water partition coefficient (Wildman–Crippen LogP) is 1.36. The maximum absolute atomic E-state index is 10.1. The van der Waals surface area contributed by atoms with Crippen LogP contribution in [0.2, 0.25) is 6.32 Å². The molecule has 0 fully saturated rings. The first-order valence-electron chi connectivity index (χ1n) is 1.67. The van der Waals surface area contributed by atoms with Crippen molar-refractivity contribution < 1.29 is 4.21 Å². The molecule has 0 aliphatic rings. The Morgan fingerprint density at radius 2 is 2.50 bits per heavy atom. The Morgan fingerprint density at radius 1 is 2.00 bits per heavy atom. The molecule has 1 nitrogen and oxygen atoms in total. The number of rotatable bonds is 1. The van der Waals surface area contributed by atoms with Crippen LogP contribution in [0.4, 0.5) is 0 Å². The summed E-state index contributed by atoms with van der Waals surface area (Å²) in [4.78, 5) is 0. The summed E-state index contributed by atoms with van der Waals surface area (Å²) in [5, 5.41) is 0. The van der Waals surface area contributed by atoms with Crippen LogP contribution in [0, 0.1) is 0 Å². The third-order valence-electron chi connectivity index (χ3n) is 0.298. The van der Waals surface area contributed by atoms with Crippen LogP contribution in [0.3, 0.4) is 0 Å². The Kier molecular flexibility index (Phi) is 4.76. The molecule has 0 aliphatic heterocycles. The zero-order valence-electron chi connectivity index (χ0n) is 3.48. The van der Waals surface area contributed by atoms with E-state index in [2.05, 4.69) is 0 Å². The third kappa shape index (κ3) is 4.94. The van der Waals surface area contributed by atoms with Gasteiger partial charge in [-0.25, -0.2) is 0 Å². The molecular weight excluding hydrogens is 210 g/mol. The summed E-state index contributed by atoms with van der Waals surface area (Å²) in [5.41, 5.74) is 0. The van der Waals surface area contributed by atoms with E-state index < -0.39 is 7.40 Å². The van der Waals surface area contributed by atoms with E-state index in [9.17, 15) is 4.21 Å². The zero-order chi connectivity index (χ0) is 4.99. The molecule has 6 heavy (non-hydrogen) atoms. The maximum atomic E-state index is 10.1. The molecule has 0 unspecified atom stereocenters. The molecule has 0 radical (unpaired) electrons. The van der Waals surface area contributed by atoms with Gasteiger partial charge in [0, 0.05) is 0 Å². The van der Waals surface area contributed by atoms with E-state index in [1.807, 2.05) is 28.1 Å². The average molecular weight is 215 g/mol. The summed E-state index contributed by atoms with van der Waals surface area (Å²) < 4.78 is 10.1. The standard InChI is InChI=1S/C2H5BIOS/c1-2-3-6(4)5/h2H2,1H3/q-1. The molecule has 0 heterocycles.